The van der Waals surface area contributed by atoms with Gasteiger partial charge in [-0.1, -0.05) is 12.1 Å². The molecule has 98 valence electrons. The number of sulfonamides is 1. The molecule has 0 heterocycles. The minimum absolute atomic E-state index is 0.0407. The van der Waals surface area contributed by atoms with Gasteiger partial charge in [0.05, 0.1) is 10.5 Å². The van der Waals surface area contributed by atoms with Crippen LogP contribution in [0.1, 0.15) is 23.2 Å². The van der Waals surface area contributed by atoms with E-state index in [0.29, 0.717) is 13.0 Å². The predicted octanol–water partition coefficient (Wildman–Crippen LogP) is 1.63. The zero-order chi connectivity index (χ0) is 13.6. The Hall–Kier alpha value is -1.66. The average molecular weight is 269 g/mol. The van der Waals surface area contributed by atoms with E-state index >= 15 is 0 Å². The molecule has 1 aromatic carbocycles. The van der Waals surface area contributed by atoms with Crippen molar-refractivity contribution in [1.82, 2.24) is 4.72 Å². The summed E-state index contributed by atoms with van der Waals surface area (Å²) in [6, 6.07) is 5.25. The first kappa shape index (κ1) is 14.4. The Kier molecular flexibility index (Phi) is 5.06. The standard InChI is InChI=1S/C12H15NO4S/c1-2-3-4-8-13-18(16,17)11-7-5-6-10(9-11)12(14)15/h2,5-7,9,13H,1,3-4,8H2,(H,14,15). The van der Waals surface area contributed by atoms with Crippen molar-refractivity contribution in [2.24, 2.45) is 0 Å². The zero-order valence-electron chi connectivity index (χ0n) is 9.80. The highest BCUT2D eigenvalue weighted by Gasteiger charge is 2.15. The summed E-state index contributed by atoms with van der Waals surface area (Å²) in [5.41, 5.74) is -0.0519. The molecule has 18 heavy (non-hydrogen) atoms. The molecule has 0 bridgehead atoms. The van der Waals surface area contributed by atoms with Crippen molar-refractivity contribution in [3.63, 3.8) is 0 Å². The average Bonchev–Trinajstić information content (AvgIpc) is 2.35. The second-order valence-electron chi connectivity index (χ2n) is 3.66. The van der Waals surface area contributed by atoms with Gasteiger partial charge in [0.1, 0.15) is 0 Å². The first-order valence-corrected chi connectivity index (χ1v) is 6.89. The lowest BCUT2D eigenvalue weighted by Gasteiger charge is -2.06. The van der Waals surface area contributed by atoms with Gasteiger partial charge in [-0.3, -0.25) is 0 Å². The van der Waals surface area contributed by atoms with Crippen LogP contribution in [-0.2, 0) is 10.0 Å². The van der Waals surface area contributed by atoms with E-state index in [4.69, 9.17) is 5.11 Å². The summed E-state index contributed by atoms with van der Waals surface area (Å²) in [5, 5.41) is 8.79. The van der Waals surface area contributed by atoms with Gasteiger partial charge in [0.2, 0.25) is 10.0 Å². The van der Waals surface area contributed by atoms with E-state index in [9.17, 15) is 13.2 Å². The van der Waals surface area contributed by atoms with E-state index in [1.165, 1.54) is 18.2 Å². The minimum atomic E-state index is -3.64. The fourth-order valence-corrected chi connectivity index (χ4v) is 2.45. The van der Waals surface area contributed by atoms with E-state index < -0.39 is 16.0 Å². The molecule has 0 saturated heterocycles. The molecule has 0 aromatic heterocycles. The summed E-state index contributed by atoms with van der Waals surface area (Å²) in [6.45, 7) is 3.84. The van der Waals surface area contributed by atoms with Gasteiger partial charge in [-0.15, -0.1) is 6.58 Å². The SMILES string of the molecule is C=CCCCNS(=O)(=O)c1cccc(C(=O)O)c1. The van der Waals surface area contributed by atoms with Crippen LogP contribution in [0.5, 0.6) is 0 Å². The van der Waals surface area contributed by atoms with Crippen LogP contribution in [0.3, 0.4) is 0 Å². The number of rotatable bonds is 7. The van der Waals surface area contributed by atoms with Crippen molar-refractivity contribution in [2.75, 3.05) is 6.54 Å². The van der Waals surface area contributed by atoms with Crippen molar-refractivity contribution < 1.29 is 18.3 Å². The summed E-state index contributed by atoms with van der Waals surface area (Å²) in [7, 11) is -3.64. The first-order chi connectivity index (χ1) is 8.47. The number of unbranched alkanes of at least 4 members (excludes halogenated alkanes) is 1. The normalized spacial score (nSPS) is 11.1. The second kappa shape index (κ2) is 6.32. The Morgan fingerprint density at radius 3 is 2.78 bits per heavy atom. The van der Waals surface area contributed by atoms with Gasteiger partial charge in [0.25, 0.3) is 0 Å². The molecule has 0 unspecified atom stereocenters. The molecule has 0 aliphatic heterocycles. The Morgan fingerprint density at radius 1 is 1.44 bits per heavy atom. The van der Waals surface area contributed by atoms with E-state index in [0.717, 1.165) is 12.5 Å². The molecule has 0 saturated carbocycles. The number of allylic oxidation sites excluding steroid dienone is 1. The van der Waals surface area contributed by atoms with Crippen LogP contribution in [-0.4, -0.2) is 26.0 Å². The number of carboxylic acids is 1. The van der Waals surface area contributed by atoms with Gasteiger partial charge in [-0.2, -0.15) is 0 Å². The summed E-state index contributed by atoms with van der Waals surface area (Å²) >= 11 is 0. The van der Waals surface area contributed by atoms with Crippen molar-refractivity contribution in [3.05, 3.63) is 42.5 Å². The third kappa shape index (κ3) is 3.97. The Labute approximate surface area is 106 Å². The van der Waals surface area contributed by atoms with Gasteiger partial charge in [-0.05, 0) is 31.0 Å². The second-order valence-corrected chi connectivity index (χ2v) is 5.43. The van der Waals surface area contributed by atoms with Gasteiger partial charge in [0.15, 0.2) is 0 Å². The molecule has 0 aliphatic carbocycles. The maximum atomic E-state index is 11.8. The molecule has 0 fully saturated rings. The number of benzene rings is 1. The highest BCUT2D eigenvalue weighted by atomic mass is 32.2. The van der Waals surface area contributed by atoms with Crippen molar-refractivity contribution in [3.8, 4) is 0 Å². The zero-order valence-corrected chi connectivity index (χ0v) is 10.6. The molecular formula is C12H15NO4S. The summed E-state index contributed by atoms with van der Waals surface area (Å²) in [5.74, 6) is -1.15. The van der Waals surface area contributed by atoms with Crippen LogP contribution in [0.4, 0.5) is 0 Å². The summed E-state index contributed by atoms with van der Waals surface area (Å²) in [4.78, 5) is 10.7. The molecular weight excluding hydrogens is 254 g/mol. The smallest absolute Gasteiger partial charge is 0.335 e. The lowest BCUT2D eigenvalue weighted by Crippen LogP contribution is -2.24. The fraction of sp³-hybridized carbons (Fsp3) is 0.250. The van der Waals surface area contributed by atoms with Crippen LogP contribution >= 0.6 is 0 Å². The molecule has 0 atom stereocenters. The quantitative estimate of drug-likeness (QED) is 0.582. The minimum Gasteiger partial charge on any atom is -0.478 e. The van der Waals surface area contributed by atoms with E-state index in [1.807, 2.05) is 0 Å². The largest absolute Gasteiger partial charge is 0.478 e. The molecule has 0 spiro atoms. The molecule has 6 heteroatoms. The third-order valence-electron chi connectivity index (χ3n) is 2.27. The van der Waals surface area contributed by atoms with Crippen LogP contribution in [0.15, 0.2) is 41.8 Å². The third-order valence-corrected chi connectivity index (χ3v) is 3.73. The lowest BCUT2D eigenvalue weighted by molar-refractivity contribution is 0.0696. The molecule has 0 aliphatic rings. The number of aromatic carboxylic acids is 1. The van der Waals surface area contributed by atoms with Gasteiger partial charge >= 0.3 is 5.97 Å². The Morgan fingerprint density at radius 2 is 2.17 bits per heavy atom. The van der Waals surface area contributed by atoms with E-state index in [-0.39, 0.29) is 10.5 Å². The first-order valence-electron chi connectivity index (χ1n) is 5.41. The molecule has 5 nitrogen and oxygen atoms in total. The van der Waals surface area contributed by atoms with Gasteiger partial charge in [-0.25, -0.2) is 17.9 Å². The molecule has 2 N–H and O–H groups in total. The monoisotopic (exact) mass is 269 g/mol. The molecule has 1 rings (SSSR count). The summed E-state index contributed by atoms with van der Waals surface area (Å²) in [6.07, 6.45) is 3.08. The highest BCUT2D eigenvalue weighted by Crippen LogP contribution is 2.11. The summed E-state index contributed by atoms with van der Waals surface area (Å²) < 4.78 is 26.1. The lowest BCUT2D eigenvalue weighted by atomic mass is 10.2. The number of carbonyl (C=O) groups is 1. The Balaban J connectivity index is 2.81. The van der Waals surface area contributed by atoms with Crippen molar-refractivity contribution >= 4 is 16.0 Å². The van der Waals surface area contributed by atoms with Crippen molar-refractivity contribution in [2.45, 2.75) is 17.7 Å². The van der Waals surface area contributed by atoms with Crippen LogP contribution in [0.25, 0.3) is 0 Å². The molecule has 1 aromatic rings. The molecule has 0 radical (unpaired) electrons. The van der Waals surface area contributed by atoms with Gasteiger partial charge in [0, 0.05) is 6.54 Å². The topological polar surface area (TPSA) is 83.5 Å². The number of hydrogen-bond acceptors (Lipinski definition) is 3. The number of carboxylic acid groups (broad SMARTS) is 1. The highest BCUT2D eigenvalue weighted by molar-refractivity contribution is 7.89. The van der Waals surface area contributed by atoms with E-state index in [1.54, 1.807) is 6.08 Å². The van der Waals surface area contributed by atoms with Crippen LogP contribution < -0.4 is 4.72 Å². The maximum Gasteiger partial charge on any atom is 0.335 e. The van der Waals surface area contributed by atoms with Crippen LogP contribution in [0, 0.1) is 0 Å². The van der Waals surface area contributed by atoms with E-state index in [2.05, 4.69) is 11.3 Å². The van der Waals surface area contributed by atoms with Crippen molar-refractivity contribution in [1.29, 1.82) is 0 Å². The fourth-order valence-electron chi connectivity index (χ4n) is 1.33. The van der Waals surface area contributed by atoms with Gasteiger partial charge < -0.3 is 5.11 Å². The number of nitrogens with one attached hydrogen (secondary N) is 1. The Bertz CT molecular complexity index is 537. The molecule has 0 amide bonds. The maximum absolute atomic E-state index is 11.8. The number of hydrogen-bond donors (Lipinski definition) is 2. The predicted molar refractivity (Wildman–Crippen MR) is 68.0 cm³/mol. The van der Waals surface area contributed by atoms with Crippen LogP contribution in [0.2, 0.25) is 0 Å².